The number of benzene rings is 1. The van der Waals surface area contributed by atoms with Gasteiger partial charge in [-0.05, 0) is 24.6 Å². The Balaban J connectivity index is 1.72. The largest absolute Gasteiger partial charge is 0.368 e. The SMILES string of the molecule is Cc1ccc([N+](=O)[O-])cc1C(=O)Nc1ccc(N2CCNCC2)cn1. The lowest BCUT2D eigenvalue weighted by molar-refractivity contribution is -0.384. The maximum absolute atomic E-state index is 12.4. The first-order chi connectivity index (χ1) is 12.0. The molecule has 0 aliphatic carbocycles. The summed E-state index contributed by atoms with van der Waals surface area (Å²) in [4.78, 5) is 29.3. The second-order valence-corrected chi connectivity index (χ2v) is 5.85. The topological polar surface area (TPSA) is 100 Å². The van der Waals surface area contributed by atoms with Crippen molar-refractivity contribution in [2.24, 2.45) is 0 Å². The summed E-state index contributed by atoms with van der Waals surface area (Å²) in [5, 5.41) is 16.9. The number of nitrogens with zero attached hydrogens (tertiary/aromatic N) is 3. The molecule has 2 N–H and O–H groups in total. The number of nitrogens with one attached hydrogen (secondary N) is 2. The average molecular weight is 341 g/mol. The average Bonchev–Trinajstić information content (AvgIpc) is 2.63. The second-order valence-electron chi connectivity index (χ2n) is 5.85. The number of carbonyl (C=O) groups is 1. The highest BCUT2D eigenvalue weighted by atomic mass is 16.6. The molecule has 1 aromatic carbocycles. The number of carbonyl (C=O) groups excluding carboxylic acids is 1. The van der Waals surface area contributed by atoms with Gasteiger partial charge in [-0.25, -0.2) is 4.98 Å². The van der Waals surface area contributed by atoms with Gasteiger partial charge in [0.2, 0.25) is 0 Å². The van der Waals surface area contributed by atoms with Gasteiger partial charge in [0.15, 0.2) is 0 Å². The maximum Gasteiger partial charge on any atom is 0.270 e. The van der Waals surface area contributed by atoms with Crippen LogP contribution in [0.1, 0.15) is 15.9 Å². The van der Waals surface area contributed by atoms with Crippen molar-refractivity contribution in [1.29, 1.82) is 0 Å². The summed E-state index contributed by atoms with van der Waals surface area (Å²) < 4.78 is 0. The lowest BCUT2D eigenvalue weighted by Gasteiger charge is -2.29. The summed E-state index contributed by atoms with van der Waals surface area (Å²) in [5.41, 5.74) is 1.83. The molecule has 1 aromatic heterocycles. The van der Waals surface area contributed by atoms with E-state index in [1.54, 1.807) is 25.3 Å². The molecule has 3 rings (SSSR count). The number of aromatic nitrogens is 1. The third-order valence-electron chi connectivity index (χ3n) is 4.15. The first-order valence-electron chi connectivity index (χ1n) is 8.03. The predicted molar refractivity (Wildman–Crippen MR) is 95.1 cm³/mol. The van der Waals surface area contributed by atoms with Crippen molar-refractivity contribution in [1.82, 2.24) is 10.3 Å². The zero-order chi connectivity index (χ0) is 17.8. The number of piperazine rings is 1. The first-order valence-corrected chi connectivity index (χ1v) is 8.03. The molecule has 2 aromatic rings. The van der Waals surface area contributed by atoms with Crippen LogP contribution in [0, 0.1) is 17.0 Å². The summed E-state index contributed by atoms with van der Waals surface area (Å²) in [5.74, 6) is -0.00147. The molecule has 25 heavy (non-hydrogen) atoms. The van der Waals surface area contributed by atoms with Crippen LogP contribution in [0.25, 0.3) is 0 Å². The Morgan fingerprint density at radius 3 is 2.68 bits per heavy atom. The summed E-state index contributed by atoms with van der Waals surface area (Å²) in [7, 11) is 0. The van der Waals surface area contributed by atoms with Crippen LogP contribution in [0.5, 0.6) is 0 Å². The van der Waals surface area contributed by atoms with E-state index < -0.39 is 10.8 Å². The number of amides is 1. The van der Waals surface area contributed by atoms with E-state index >= 15 is 0 Å². The monoisotopic (exact) mass is 341 g/mol. The zero-order valence-electron chi connectivity index (χ0n) is 13.9. The second kappa shape index (κ2) is 7.27. The summed E-state index contributed by atoms with van der Waals surface area (Å²) in [6, 6.07) is 7.87. The Morgan fingerprint density at radius 1 is 1.28 bits per heavy atom. The molecule has 0 bridgehead atoms. The number of non-ortho nitro benzene ring substituents is 1. The fraction of sp³-hybridized carbons (Fsp3) is 0.294. The molecule has 0 saturated carbocycles. The van der Waals surface area contributed by atoms with Crippen LogP contribution < -0.4 is 15.5 Å². The number of nitro benzene ring substituents is 1. The van der Waals surface area contributed by atoms with Crippen molar-refractivity contribution in [2.75, 3.05) is 36.4 Å². The van der Waals surface area contributed by atoms with Gasteiger partial charge in [0, 0.05) is 43.9 Å². The van der Waals surface area contributed by atoms with E-state index in [1.807, 2.05) is 6.07 Å². The lowest BCUT2D eigenvalue weighted by Crippen LogP contribution is -2.43. The van der Waals surface area contributed by atoms with Gasteiger partial charge in [-0.3, -0.25) is 14.9 Å². The molecule has 0 spiro atoms. The van der Waals surface area contributed by atoms with E-state index in [-0.39, 0.29) is 11.3 Å². The minimum atomic E-state index is -0.517. The standard InChI is InChI=1S/C17H19N5O3/c1-12-2-3-13(22(24)25)10-15(12)17(23)20-16-5-4-14(11-19-16)21-8-6-18-7-9-21/h2-5,10-11,18H,6-9H2,1H3,(H,19,20,23). The summed E-state index contributed by atoms with van der Waals surface area (Å²) in [6.07, 6.45) is 1.72. The predicted octanol–water partition coefficient (Wildman–Crippen LogP) is 1.96. The summed E-state index contributed by atoms with van der Waals surface area (Å²) in [6.45, 7) is 5.44. The molecule has 1 saturated heterocycles. The molecule has 0 radical (unpaired) electrons. The molecule has 0 atom stereocenters. The third-order valence-corrected chi connectivity index (χ3v) is 4.15. The van der Waals surface area contributed by atoms with Crippen molar-refractivity contribution in [3.8, 4) is 0 Å². The molecule has 8 nitrogen and oxygen atoms in total. The summed E-state index contributed by atoms with van der Waals surface area (Å²) >= 11 is 0. The van der Waals surface area contributed by atoms with Crippen LogP contribution in [-0.2, 0) is 0 Å². The van der Waals surface area contributed by atoms with Crippen LogP contribution in [0.3, 0.4) is 0 Å². The fourth-order valence-electron chi connectivity index (χ4n) is 2.72. The highest BCUT2D eigenvalue weighted by Crippen LogP contribution is 2.20. The quantitative estimate of drug-likeness (QED) is 0.651. The number of pyridine rings is 1. The van der Waals surface area contributed by atoms with Gasteiger partial charge in [0.1, 0.15) is 5.82 Å². The number of rotatable bonds is 4. The number of nitro groups is 1. The van der Waals surface area contributed by atoms with Crippen molar-refractivity contribution in [3.05, 3.63) is 57.8 Å². The Bertz CT molecular complexity index is 785. The molecule has 8 heteroatoms. The van der Waals surface area contributed by atoms with Gasteiger partial charge in [-0.1, -0.05) is 6.07 Å². The lowest BCUT2D eigenvalue weighted by atomic mass is 10.1. The molecule has 1 fully saturated rings. The van der Waals surface area contributed by atoms with E-state index in [0.717, 1.165) is 31.9 Å². The smallest absolute Gasteiger partial charge is 0.270 e. The van der Waals surface area contributed by atoms with Gasteiger partial charge in [0.25, 0.3) is 11.6 Å². The van der Waals surface area contributed by atoms with Gasteiger partial charge in [-0.15, -0.1) is 0 Å². The van der Waals surface area contributed by atoms with E-state index in [1.165, 1.54) is 12.1 Å². The van der Waals surface area contributed by atoms with Gasteiger partial charge < -0.3 is 15.5 Å². The van der Waals surface area contributed by atoms with E-state index in [9.17, 15) is 14.9 Å². The number of hydrogen-bond acceptors (Lipinski definition) is 6. The van der Waals surface area contributed by atoms with Crippen molar-refractivity contribution < 1.29 is 9.72 Å². The van der Waals surface area contributed by atoms with E-state index in [0.29, 0.717) is 11.4 Å². The van der Waals surface area contributed by atoms with Crippen molar-refractivity contribution in [2.45, 2.75) is 6.92 Å². The number of aryl methyl sites for hydroxylation is 1. The third kappa shape index (κ3) is 3.92. The van der Waals surface area contributed by atoms with Crippen molar-refractivity contribution in [3.63, 3.8) is 0 Å². The minimum absolute atomic E-state index is 0.113. The fourth-order valence-corrected chi connectivity index (χ4v) is 2.72. The van der Waals surface area contributed by atoms with Crippen LogP contribution in [-0.4, -0.2) is 42.0 Å². The maximum atomic E-state index is 12.4. The number of hydrogen-bond donors (Lipinski definition) is 2. The van der Waals surface area contributed by atoms with Gasteiger partial charge in [0.05, 0.1) is 16.8 Å². The molecule has 1 aliphatic rings. The van der Waals surface area contributed by atoms with Crippen LogP contribution in [0.2, 0.25) is 0 Å². The molecule has 1 amide bonds. The highest BCUT2D eigenvalue weighted by Gasteiger charge is 2.16. The Labute approximate surface area is 145 Å². The first kappa shape index (κ1) is 16.8. The molecule has 0 unspecified atom stereocenters. The Morgan fingerprint density at radius 2 is 2.04 bits per heavy atom. The van der Waals surface area contributed by atoms with Crippen molar-refractivity contribution >= 4 is 23.1 Å². The molecule has 2 heterocycles. The highest BCUT2D eigenvalue weighted by molar-refractivity contribution is 6.05. The Hall–Kier alpha value is -3.00. The molecular formula is C17H19N5O3. The molecule has 130 valence electrons. The minimum Gasteiger partial charge on any atom is -0.368 e. The van der Waals surface area contributed by atoms with E-state index in [4.69, 9.17) is 0 Å². The zero-order valence-corrected chi connectivity index (χ0v) is 13.9. The molecular weight excluding hydrogens is 322 g/mol. The molecule has 1 aliphatic heterocycles. The Kier molecular flexibility index (Phi) is 4.90. The normalized spacial score (nSPS) is 14.2. The van der Waals surface area contributed by atoms with Gasteiger partial charge >= 0.3 is 0 Å². The van der Waals surface area contributed by atoms with E-state index in [2.05, 4.69) is 20.5 Å². The van der Waals surface area contributed by atoms with Crippen LogP contribution >= 0.6 is 0 Å². The van der Waals surface area contributed by atoms with Gasteiger partial charge in [-0.2, -0.15) is 0 Å². The van der Waals surface area contributed by atoms with Crippen LogP contribution in [0.4, 0.5) is 17.2 Å². The number of anilines is 2. The van der Waals surface area contributed by atoms with Crippen LogP contribution in [0.15, 0.2) is 36.5 Å².